The molecular weight excluding hydrogens is 192 g/mol. The van der Waals surface area contributed by atoms with Gasteiger partial charge in [-0.05, 0) is 23.7 Å². The van der Waals surface area contributed by atoms with Crippen LogP contribution in [0.15, 0.2) is 24.3 Å². The van der Waals surface area contributed by atoms with Crippen molar-refractivity contribution >= 4 is 11.9 Å². The van der Waals surface area contributed by atoms with Gasteiger partial charge in [-0.1, -0.05) is 24.3 Å². The molecule has 1 saturated heterocycles. The Kier molecular flexibility index (Phi) is 1.17. The standard InChI is InChI=1S/C12H10O3/c13-11-9-7-3-4-8(6-2-1-5(6)7)10(9)12(14)15-11/h1-10H/t5-,6+,7-,8-,9+,10+/m0/s1. The molecule has 5 rings (SSSR count). The highest BCUT2D eigenvalue weighted by molar-refractivity contribution is 5.97. The monoisotopic (exact) mass is 202 g/mol. The van der Waals surface area contributed by atoms with Gasteiger partial charge >= 0.3 is 11.9 Å². The first-order chi connectivity index (χ1) is 7.27. The van der Waals surface area contributed by atoms with Crippen LogP contribution in [-0.2, 0) is 14.3 Å². The fourth-order valence-corrected chi connectivity index (χ4v) is 3.69. The summed E-state index contributed by atoms with van der Waals surface area (Å²) < 4.78 is 4.77. The Balaban J connectivity index is 1.88. The predicted octanol–water partition coefficient (Wildman–Crippen LogP) is 0.920. The van der Waals surface area contributed by atoms with Gasteiger partial charge in [0.05, 0.1) is 11.8 Å². The minimum absolute atomic E-state index is 0.196. The van der Waals surface area contributed by atoms with Gasteiger partial charge in [-0.25, -0.2) is 0 Å². The molecule has 0 radical (unpaired) electrons. The highest BCUT2D eigenvalue weighted by Crippen LogP contribution is 2.58. The number of carbonyl (C=O) groups is 2. The second-order valence-corrected chi connectivity index (χ2v) is 4.87. The van der Waals surface area contributed by atoms with Crippen LogP contribution in [0, 0.1) is 35.5 Å². The third-order valence-corrected chi connectivity index (χ3v) is 4.41. The molecule has 0 aromatic carbocycles. The van der Waals surface area contributed by atoms with Gasteiger partial charge in [-0.3, -0.25) is 9.59 Å². The summed E-state index contributed by atoms with van der Waals surface area (Å²) in [5.74, 6) is 0.353. The summed E-state index contributed by atoms with van der Waals surface area (Å²) in [4.78, 5) is 23.2. The molecule has 0 unspecified atom stereocenters. The molecule has 0 spiro atoms. The molecular formula is C12H10O3. The van der Waals surface area contributed by atoms with Crippen LogP contribution in [0.2, 0.25) is 0 Å². The van der Waals surface area contributed by atoms with Crippen LogP contribution >= 0.6 is 0 Å². The third-order valence-electron chi connectivity index (χ3n) is 4.41. The topological polar surface area (TPSA) is 43.4 Å². The summed E-state index contributed by atoms with van der Waals surface area (Å²) >= 11 is 0. The van der Waals surface area contributed by atoms with Crippen molar-refractivity contribution in [1.82, 2.24) is 0 Å². The van der Waals surface area contributed by atoms with Crippen LogP contribution in [0.3, 0.4) is 0 Å². The minimum Gasteiger partial charge on any atom is -0.393 e. The number of cyclic esters (lactones) is 2. The van der Waals surface area contributed by atoms with Crippen LogP contribution in [0.1, 0.15) is 0 Å². The molecule has 0 N–H and O–H groups in total. The van der Waals surface area contributed by atoms with Crippen LogP contribution < -0.4 is 0 Å². The number of hydrogen-bond acceptors (Lipinski definition) is 3. The Hall–Kier alpha value is -1.38. The second kappa shape index (κ2) is 2.23. The maximum absolute atomic E-state index is 11.6. The first kappa shape index (κ1) is 7.85. The van der Waals surface area contributed by atoms with Gasteiger partial charge in [0.2, 0.25) is 0 Å². The predicted molar refractivity (Wildman–Crippen MR) is 50.3 cm³/mol. The molecule has 4 aliphatic carbocycles. The van der Waals surface area contributed by atoms with Crippen molar-refractivity contribution in [3.05, 3.63) is 24.3 Å². The zero-order valence-corrected chi connectivity index (χ0v) is 8.00. The summed E-state index contributed by atoms with van der Waals surface area (Å²) in [5, 5.41) is 0. The Morgan fingerprint density at radius 1 is 0.733 bits per heavy atom. The van der Waals surface area contributed by atoms with Gasteiger partial charge in [0.15, 0.2) is 0 Å². The average molecular weight is 202 g/mol. The molecule has 76 valence electrons. The van der Waals surface area contributed by atoms with Gasteiger partial charge < -0.3 is 4.74 Å². The van der Waals surface area contributed by atoms with Crippen molar-refractivity contribution in [2.75, 3.05) is 0 Å². The summed E-state index contributed by atoms with van der Waals surface area (Å²) in [5.41, 5.74) is 0. The van der Waals surface area contributed by atoms with Gasteiger partial charge in [-0.2, -0.15) is 0 Å². The lowest BCUT2D eigenvalue weighted by atomic mass is 9.50. The van der Waals surface area contributed by atoms with Crippen LogP contribution in [0.25, 0.3) is 0 Å². The lowest BCUT2D eigenvalue weighted by Gasteiger charge is -2.51. The highest BCUT2D eigenvalue weighted by Gasteiger charge is 2.61. The van der Waals surface area contributed by atoms with Gasteiger partial charge in [0.25, 0.3) is 0 Å². The molecule has 3 nitrogen and oxygen atoms in total. The fraction of sp³-hybridized carbons (Fsp3) is 0.500. The van der Waals surface area contributed by atoms with Crippen LogP contribution in [0.4, 0.5) is 0 Å². The number of hydrogen-bond donors (Lipinski definition) is 0. The van der Waals surface area contributed by atoms with E-state index in [4.69, 9.17) is 4.74 Å². The van der Waals surface area contributed by atoms with Crippen molar-refractivity contribution in [2.24, 2.45) is 35.5 Å². The zero-order chi connectivity index (χ0) is 10.2. The summed E-state index contributed by atoms with van der Waals surface area (Å²) in [7, 11) is 0. The quantitative estimate of drug-likeness (QED) is 0.333. The van der Waals surface area contributed by atoms with E-state index in [1.54, 1.807) is 0 Å². The largest absolute Gasteiger partial charge is 0.393 e. The Morgan fingerprint density at radius 3 is 1.53 bits per heavy atom. The van der Waals surface area contributed by atoms with Crippen molar-refractivity contribution in [2.45, 2.75) is 0 Å². The van der Waals surface area contributed by atoms with Crippen LogP contribution in [-0.4, -0.2) is 11.9 Å². The minimum atomic E-state index is -0.303. The molecule has 2 fully saturated rings. The van der Waals surface area contributed by atoms with E-state index in [0.717, 1.165) is 0 Å². The average Bonchev–Trinajstić information content (AvgIpc) is 2.44. The van der Waals surface area contributed by atoms with E-state index in [9.17, 15) is 9.59 Å². The molecule has 5 aliphatic rings. The van der Waals surface area contributed by atoms with Crippen molar-refractivity contribution in [1.29, 1.82) is 0 Å². The first-order valence-corrected chi connectivity index (χ1v) is 5.39. The lowest BCUT2D eigenvalue weighted by molar-refractivity contribution is -0.154. The molecule has 0 aromatic heterocycles. The Labute approximate surface area is 86.8 Å². The molecule has 2 bridgehead atoms. The van der Waals surface area contributed by atoms with E-state index in [-0.39, 0.29) is 35.6 Å². The van der Waals surface area contributed by atoms with E-state index in [1.165, 1.54) is 0 Å². The molecule has 1 aliphatic heterocycles. The van der Waals surface area contributed by atoms with Crippen molar-refractivity contribution < 1.29 is 14.3 Å². The lowest BCUT2D eigenvalue weighted by Crippen LogP contribution is -2.50. The number of carbonyl (C=O) groups excluding carboxylic acids is 2. The van der Waals surface area contributed by atoms with Crippen molar-refractivity contribution in [3.63, 3.8) is 0 Å². The molecule has 15 heavy (non-hydrogen) atoms. The van der Waals surface area contributed by atoms with E-state index in [0.29, 0.717) is 11.8 Å². The molecule has 3 heteroatoms. The smallest absolute Gasteiger partial charge is 0.318 e. The molecule has 6 atom stereocenters. The number of ether oxygens (including phenoxy) is 1. The van der Waals surface area contributed by atoms with Gasteiger partial charge in [0, 0.05) is 0 Å². The second-order valence-electron chi connectivity index (χ2n) is 4.87. The van der Waals surface area contributed by atoms with Crippen LogP contribution in [0.5, 0.6) is 0 Å². The molecule has 0 aromatic rings. The zero-order valence-electron chi connectivity index (χ0n) is 8.00. The first-order valence-electron chi connectivity index (χ1n) is 5.39. The number of esters is 2. The SMILES string of the molecule is O=C1OC(=O)[C@@H]2[C@H]3C=C[C@@H]([C@@H]4C=C[C@@H]43)[C@@H]12. The summed E-state index contributed by atoms with van der Waals surface area (Å²) in [6.07, 6.45) is 8.54. The summed E-state index contributed by atoms with van der Waals surface area (Å²) in [6, 6.07) is 0. The summed E-state index contributed by atoms with van der Waals surface area (Å²) in [6.45, 7) is 0. The van der Waals surface area contributed by atoms with E-state index >= 15 is 0 Å². The van der Waals surface area contributed by atoms with Gasteiger partial charge in [0.1, 0.15) is 0 Å². The Morgan fingerprint density at radius 2 is 1.13 bits per heavy atom. The van der Waals surface area contributed by atoms with E-state index in [2.05, 4.69) is 24.3 Å². The van der Waals surface area contributed by atoms with Crippen molar-refractivity contribution in [3.8, 4) is 0 Å². The Bertz CT molecular complexity index is 396. The molecule has 1 saturated carbocycles. The fourth-order valence-electron chi connectivity index (χ4n) is 3.69. The van der Waals surface area contributed by atoms with E-state index in [1.807, 2.05) is 0 Å². The number of allylic oxidation sites excluding steroid dienone is 4. The normalized spacial score (nSPS) is 53.6. The van der Waals surface area contributed by atoms with Gasteiger partial charge in [-0.15, -0.1) is 0 Å². The third kappa shape index (κ3) is 0.715. The maximum atomic E-state index is 11.6. The number of rotatable bonds is 0. The molecule has 1 heterocycles. The van der Waals surface area contributed by atoms with E-state index < -0.39 is 0 Å². The highest BCUT2D eigenvalue weighted by atomic mass is 16.6. The molecule has 0 amide bonds. The maximum Gasteiger partial charge on any atom is 0.318 e.